The second kappa shape index (κ2) is 5.03. The fourth-order valence-corrected chi connectivity index (χ4v) is 2.35. The van der Waals surface area contributed by atoms with E-state index in [1.807, 2.05) is 0 Å². The molecule has 0 aromatic carbocycles. The summed E-state index contributed by atoms with van der Waals surface area (Å²) < 4.78 is 5.89. The average Bonchev–Trinajstić information content (AvgIpc) is 1.96. The molecule has 96 valence electrons. The zero-order chi connectivity index (χ0) is 12.4. The van der Waals surface area contributed by atoms with Crippen molar-refractivity contribution in [2.45, 2.75) is 58.8 Å². The smallest absolute Gasteiger partial charge is 0.0757 e. The molecule has 1 aliphatic rings. The standard InChI is InChI=1S/C13H28N2O/c1-11-9-15(10-13(5,6)16-11)8-7-14-12(2,3)4/h11,14H,7-10H2,1-6H3. The maximum absolute atomic E-state index is 5.89. The van der Waals surface area contributed by atoms with Gasteiger partial charge in [-0.25, -0.2) is 0 Å². The van der Waals surface area contributed by atoms with Crippen molar-refractivity contribution in [1.29, 1.82) is 0 Å². The van der Waals surface area contributed by atoms with Gasteiger partial charge in [0.25, 0.3) is 0 Å². The highest BCUT2D eigenvalue weighted by Crippen LogP contribution is 2.20. The Balaban J connectivity index is 2.32. The monoisotopic (exact) mass is 228 g/mol. The Hall–Kier alpha value is -0.120. The Morgan fingerprint density at radius 1 is 1.38 bits per heavy atom. The second-order valence-electron chi connectivity index (χ2n) is 6.60. The molecule has 1 atom stereocenters. The van der Waals surface area contributed by atoms with E-state index in [0.717, 1.165) is 26.2 Å². The molecule has 0 aromatic heterocycles. The fourth-order valence-electron chi connectivity index (χ4n) is 2.35. The highest BCUT2D eigenvalue weighted by atomic mass is 16.5. The number of nitrogens with zero attached hydrogens (tertiary/aromatic N) is 1. The van der Waals surface area contributed by atoms with Crippen molar-refractivity contribution in [1.82, 2.24) is 10.2 Å². The third kappa shape index (κ3) is 5.28. The number of hydrogen-bond acceptors (Lipinski definition) is 3. The molecule has 0 saturated carbocycles. The van der Waals surface area contributed by atoms with Gasteiger partial charge in [0.05, 0.1) is 11.7 Å². The molecule has 3 nitrogen and oxygen atoms in total. The topological polar surface area (TPSA) is 24.5 Å². The minimum Gasteiger partial charge on any atom is -0.370 e. The lowest BCUT2D eigenvalue weighted by Crippen LogP contribution is -2.53. The molecule has 1 aliphatic heterocycles. The summed E-state index contributed by atoms with van der Waals surface area (Å²) in [5.74, 6) is 0. The van der Waals surface area contributed by atoms with Crippen LogP contribution in [0.25, 0.3) is 0 Å². The van der Waals surface area contributed by atoms with Crippen LogP contribution in [-0.4, -0.2) is 48.3 Å². The lowest BCUT2D eigenvalue weighted by molar-refractivity contribution is -0.128. The highest BCUT2D eigenvalue weighted by Gasteiger charge is 2.30. The molecule has 1 unspecified atom stereocenters. The molecule has 0 radical (unpaired) electrons. The molecule has 0 amide bonds. The van der Waals surface area contributed by atoms with Crippen LogP contribution < -0.4 is 5.32 Å². The minimum absolute atomic E-state index is 0.000596. The van der Waals surface area contributed by atoms with Gasteiger partial charge in [0.2, 0.25) is 0 Å². The summed E-state index contributed by atoms with van der Waals surface area (Å²) in [4.78, 5) is 2.49. The lowest BCUT2D eigenvalue weighted by Gasteiger charge is -2.42. The van der Waals surface area contributed by atoms with Gasteiger partial charge in [-0.15, -0.1) is 0 Å². The Labute approximate surface area is 101 Å². The van der Waals surface area contributed by atoms with Crippen molar-refractivity contribution < 1.29 is 4.74 Å². The first-order valence-electron chi connectivity index (χ1n) is 6.33. The maximum Gasteiger partial charge on any atom is 0.0757 e. The van der Waals surface area contributed by atoms with Crippen LogP contribution in [0.4, 0.5) is 0 Å². The van der Waals surface area contributed by atoms with E-state index in [-0.39, 0.29) is 11.1 Å². The quantitative estimate of drug-likeness (QED) is 0.798. The number of ether oxygens (including phenoxy) is 1. The van der Waals surface area contributed by atoms with Crippen molar-refractivity contribution in [3.8, 4) is 0 Å². The van der Waals surface area contributed by atoms with E-state index in [0.29, 0.717) is 6.10 Å². The fraction of sp³-hybridized carbons (Fsp3) is 1.00. The molecule has 1 rings (SSSR count). The van der Waals surface area contributed by atoms with Crippen LogP contribution in [0, 0.1) is 0 Å². The van der Waals surface area contributed by atoms with Crippen molar-refractivity contribution >= 4 is 0 Å². The Kier molecular flexibility index (Phi) is 4.38. The highest BCUT2D eigenvalue weighted by molar-refractivity contribution is 4.83. The normalized spacial score (nSPS) is 27.0. The van der Waals surface area contributed by atoms with Gasteiger partial charge in [0.15, 0.2) is 0 Å². The van der Waals surface area contributed by atoms with Crippen LogP contribution in [0.5, 0.6) is 0 Å². The van der Waals surface area contributed by atoms with Gasteiger partial charge in [0.1, 0.15) is 0 Å². The van der Waals surface area contributed by atoms with Crippen molar-refractivity contribution in [3.63, 3.8) is 0 Å². The van der Waals surface area contributed by atoms with Crippen molar-refractivity contribution in [3.05, 3.63) is 0 Å². The average molecular weight is 228 g/mol. The van der Waals surface area contributed by atoms with Crippen LogP contribution >= 0.6 is 0 Å². The molecular weight excluding hydrogens is 200 g/mol. The molecule has 0 bridgehead atoms. The first-order chi connectivity index (χ1) is 7.18. The molecule has 3 heteroatoms. The van der Waals surface area contributed by atoms with E-state index < -0.39 is 0 Å². The summed E-state index contributed by atoms with van der Waals surface area (Å²) in [6, 6.07) is 0. The molecule has 16 heavy (non-hydrogen) atoms. The Morgan fingerprint density at radius 2 is 2.00 bits per heavy atom. The van der Waals surface area contributed by atoms with Crippen molar-refractivity contribution in [2.24, 2.45) is 0 Å². The lowest BCUT2D eigenvalue weighted by atomic mass is 10.1. The number of nitrogens with one attached hydrogen (secondary N) is 1. The molecule has 0 spiro atoms. The van der Waals surface area contributed by atoms with Gasteiger partial charge in [-0.1, -0.05) is 0 Å². The van der Waals surface area contributed by atoms with E-state index >= 15 is 0 Å². The predicted octanol–water partition coefficient (Wildman–Crippen LogP) is 1.87. The summed E-state index contributed by atoms with van der Waals surface area (Å²) in [6.07, 6.45) is 0.346. The zero-order valence-electron chi connectivity index (χ0n) is 11.8. The van der Waals surface area contributed by atoms with E-state index in [4.69, 9.17) is 4.74 Å². The Morgan fingerprint density at radius 3 is 2.50 bits per heavy atom. The molecule has 0 aromatic rings. The maximum atomic E-state index is 5.89. The summed E-state index contributed by atoms with van der Waals surface area (Å²) in [6.45, 7) is 17.4. The van der Waals surface area contributed by atoms with Gasteiger partial charge in [0, 0.05) is 31.7 Å². The summed E-state index contributed by atoms with van der Waals surface area (Å²) in [5.41, 5.74) is 0.215. The summed E-state index contributed by atoms with van der Waals surface area (Å²) >= 11 is 0. The van der Waals surface area contributed by atoms with E-state index in [1.54, 1.807) is 0 Å². The number of morpholine rings is 1. The van der Waals surface area contributed by atoms with E-state index in [1.165, 1.54) is 0 Å². The zero-order valence-corrected chi connectivity index (χ0v) is 11.8. The largest absolute Gasteiger partial charge is 0.370 e. The van der Waals surface area contributed by atoms with Gasteiger partial charge in [-0.2, -0.15) is 0 Å². The number of hydrogen-bond donors (Lipinski definition) is 1. The van der Waals surface area contributed by atoms with Gasteiger partial charge in [-0.3, -0.25) is 4.90 Å². The van der Waals surface area contributed by atoms with Crippen molar-refractivity contribution in [2.75, 3.05) is 26.2 Å². The molecule has 1 fully saturated rings. The first kappa shape index (κ1) is 13.9. The molecular formula is C13H28N2O. The van der Waals surface area contributed by atoms with Crippen LogP contribution in [0.2, 0.25) is 0 Å². The number of rotatable bonds is 3. The van der Waals surface area contributed by atoms with Crippen LogP contribution in [-0.2, 0) is 4.74 Å². The van der Waals surface area contributed by atoms with Crippen LogP contribution in [0.15, 0.2) is 0 Å². The third-order valence-corrected chi connectivity index (χ3v) is 2.72. The van der Waals surface area contributed by atoms with E-state index in [9.17, 15) is 0 Å². The van der Waals surface area contributed by atoms with Gasteiger partial charge in [-0.05, 0) is 41.5 Å². The van der Waals surface area contributed by atoms with Crippen LogP contribution in [0.3, 0.4) is 0 Å². The molecule has 1 N–H and O–H groups in total. The van der Waals surface area contributed by atoms with Gasteiger partial charge < -0.3 is 10.1 Å². The molecule has 1 saturated heterocycles. The summed E-state index contributed by atoms with van der Waals surface area (Å²) in [7, 11) is 0. The Bertz CT molecular complexity index is 220. The van der Waals surface area contributed by atoms with Gasteiger partial charge >= 0.3 is 0 Å². The first-order valence-corrected chi connectivity index (χ1v) is 6.33. The molecule has 0 aliphatic carbocycles. The van der Waals surface area contributed by atoms with E-state index in [2.05, 4.69) is 51.8 Å². The SMILES string of the molecule is CC1CN(CCNC(C)(C)C)CC(C)(C)O1. The predicted molar refractivity (Wildman–Crippen MR) is 68.8 cm³/mol. The van der Waals surface area contributed by atoms with Crippen LogP contribution in [0.1, 0.15) is 41.5 Å². The summed E-state index contributed by atoms with van der Waals surface area (Å²) in [5, 5.41) is 3.53. The third-order valence-electron chi connectivity index (χ3n) is 2.72. The minimum atomic E-state index is -0.000596. The second-order valence-corrected chi connectivity index (χ2v) is 6.60. The molecule has 1 heterocycles.